The molecule has 0 aliphatic heterocycles. The Morgan fingerprint density at radius 3 is 2.80 bits per heavy atom. The van der Waals surface area contributed by atoms with E-state index in [0.29, 0.717) is 11.0 Å². The van der Waals surface area contributed by atoms with E-state index in [1.807, 2.05) is 33.9 Å². The number of hydrogen-bond donors (Lipinski definition) is 0. The van der Waals surface area contributed by atoms with Crippen LogP contribution in [0, 0.1) is 11.3 Å². The van der Waals surface area contributed by atoms with Crippen molar-refractivity contribution in [3.63, 3.8) is 0 Å². The third-order valence-corrected chi connectivity index (χ3v) is 5.04. The molecule has 134 valence electrons. The van der Waals surface area contributed by atoms with E-state index in [4.69, 9.17) is 10.00 Å². The van der Waals surface area contributed by atoms with Gasteiger partial charge in [-0.2, -0.15) is 5.26 Å². The Hall–Kier alpha value is -2.06. The molecule has 2 aromatic rings. The third-order valence-electron chi connectivity index (χ3n) is 4.11. The molecule has 1 unspecified atom stereocenters. The van der Waals surface area contributed by atoms with Gasteiger partial charge in [-0.05, 0) is 71.2 Å². The Kier molecular flexibility index (Phi) is 6.07. The number of thiazole rings is 1. The summed E-state index contributed by atoms with van der Waals surface area (Å²) in [6, 6.07) is 8.76. The highest BCUT2D eigenvalue weighted by atomic mass is 32.1. The predicted molar refractivity (Wildman–Crippen MR) is 104 cm³/mol. The summed E-state index contributed by atoms with van der Waals surface area (Å²) in [4.78, 5) is 6.39. The highest BCUT2D eigenvalue weighted by Crippen LogP contribution is 2.24. The number of rotatable bonds is 7. The minimum atomic E-state index is -0.225. The van der Waals surface area contributed by atoms with Gasteiger partial charge in [-0.1, -0.05) is 6.07 Å². The fraction of sp³-hybridized carbons (Fsp3) is 0.500. The molecule has 0 aliphatic rings. The summed E-state index contributed by atoms with van der Waals surface area (Å²) in [5.41, 5.74) is 1.98. The zero-order chi connectivity index (χ0) is 18.6. The summed E-state index contributed by atoms with van der Waals surface area (Å²) < 4.78 is 6.93. The number of benzene rings is 1. The minimum absolute atomic E-state index is 0.225. The van der Waals surface area contributed by atoms with Crippen LogP contribution in [0.5, 0.6) is 0 Å². The fourth-order valence-corrected chi connectivity index (χ4v) is 3.47. The van der Waals surface area contributed by atoms with Gasteiger partial charge in [-0.15, -0.1) is 11.3 Å². The Balaban J connectivity index is 1.87. The topological polar surface area (TPSA) is 49.1 Å². The van der Waals surface area contributed by atoms with Crippen molar-refractivity contribution in [3.8, 4) is 6.07 Å². The van der Waals surface area contributed by atoms with Gasteiger partial charge in [0.1, 0.15) is 11.7 Å². The molecule has 0 spiro atoms. The number of aryl methyl sites for hydroxylation is 1. The molecule has 5 heteroatoms. The van der Waals surface area contributed by atoms with Crippen LogP contribution in [0.3, 0.4) is 0 Å². The first-order valence-corrected chi connectivity index (χ1v) is 9.41. The van der Waals surface area contributed by atoms with Crippen molar-refractivity contribution in [2.75, 3.05) is 7.05 Å². The maximum Gasteiger partial charge on any atom is 0.195 e. The largest absolute Gasteiger partial charge is 0.474 e. The molecule has 0 saturated carbocycles. The van der Waals surface area contributed by atoms with Crippen molar-refractivity contribution in [1.29, 1.82) is 5.26 Å². The van der Waals surface area contributed by atoms with Crippen LogP contribution >= 0.6 is 11.3 Å². The van der Waals surface area contributed by atoms with Crippen molar-refractivity contribution in [2.24, 2.45) is 0 Å². The molecule has 4 nitrogen and oxygen atoms in total. The third kappa shape index (κ3) is 5.47. The number of nitrogens with zero attached hydrogens (tertiary/aromatic N) is 3. The second-order valence-corrected chi connectivity index (χ2v) is 8.42. The molecule has 0 N–H and O–H groups in total. The van der Waals surface area contributed by atoms with E-state index in [1.54, 1.807) is 0 Å². The van der Waals surface area contributed by atoms with Crippen LogP contribution in [-0.4, -0.2) is 28.6 Å². The molecule has 1 aromatic heterocycles. The molecular formula is C20H27N3OS. The molecule has 0 radical (unpaired) electrons. The summed E-state index contributed by atoms with van der Waals surface area (Å²) >= 11 is 1.46. The summed E-state index contributed by atoms with van der Waals surface area (Å²) in [6.07, 6.45) is 3.16. The first-order chi connectivity index (χ1) is 11.7. The van der Waals surface area contributed by atoms with Crippen LogP contribution in [0.4, 0.5) is 0 Å². The average molecular weight is 358 g/mol. The van der Waals surface area contributed by atoms with Crippen LogP contribution in [0.1, 0.15) is 51.1 Å². The van der Waals surface area contributed by atoms with Crippen molar-refractivity contribution in [2.45, 2.75) is 58.6 Å². The number of hydrogen-bond acceptors (Lipinski definition) is 5. The second kappa shape index (κ2) is 7.88. The number of aromatic nitrogens is 1. The van der Waals surface area contributed by atoms with Gasteiger partial charge >= 0.3 is 0 Å². The van der Waals surface area contributed by atoms with E-state index in [9.17, 15) is 0 Å². The molecule has 1 heterocycles. The molecule has 0 fully saturated rings. The van der Waals surface area contributed by atoms with Crippen LogP contribution in [-0.2, 0) is 11.2 Å². The van der Waals surface area contributed by atoms with E-state index in [1.165, 1.54) is 16.9 Å². The van der Waals surface area contributed by atoms with Crippen LogP contribution < -0.4 is 0 Å². The van der Waals surface area contributed by atoms with Gasteiger partial charge in [-0.25, -0.2) is 4.98 Å². The Labute approximate surface area is 154 Å². The molecule has 0 saturated heterocycles. The van der Waals surface area contributed by atoms with E-state index in [2.05, 4.69) is 41.6 Å². The van der Waals surface area contributed by atoms with Crippen molar-refractivity contribution in [3.05, 3.63) is 41.2 Å². The molecule has 1 aromatic carbocycles. The lowest BCUT2D eigenvalue weighted by atomic mass is 10.0. The van der Waals surface area contributed by atoms with Gasteiger partial charge in [-0.3, -0.25) is 0 Å². The van der Waals surface area contributed by atoms with Gasteiger partial charge in [0.05, 0.1) is 10.2 Å². The monoisotopic (exact) mass is 357 g/mol. The van der Waals surface area contributed by atoms with Gasteiger partial charge in [0.2, 0.25) is 0 Å². The lowest BCUT2D eigenvalue weighted by Crippen LogP contribution is -2.33. The van der Waals surface area contributed by atoms with Gasteiger partial charge < -0.3 is 9.64 Å². The number of fused-ring (bicyclic) bond motifs is 1. The highest BCUT2D eigenvalue weighted by molar-refractivity contribution is 7.19. The molecule has 2 rings (SSSR count). The van der Waals surface area contributed by atoms with Crippen LogP contribution in [0.25, 0.3) is 10.2 Å². The van der Waals surface area contributed by atoms with E-state index in [0.717, 1.165) is 35.4 Å². The van der Waals surface area contributed by atoms with Crippen molar-refractivity contribution >= 4 is 21.6 Å². The molecule has 0 aliphatic carbocycles. The van der Waals surface area contributed by atoms with Crippen molar-refractivity contribution in [1.82, 2.24) is 9.88 Å². The van der Waals surface area contributed by atoms with Crippen LogP contribution in [0.15, 0.2) is 30.7 Å². The standard InChI is InChI=1S/C20H27N3OS/c1-14(23(6)15(2)24-20(3,4)5)8-7-9-16-10-11-17-18(12-16)25-19(13-21)22-17/h10-12,14H,2,7-9H2,1,3-6H3. The smallest absolute Gasteiger partial charge is 0.195 e. The number of nitriles is 1. The Bertz CT molecular complexity index is 782. The number of ether oxygens (including phenoxy) is 1. The summed E-state index contributed by atoms with van der Waals surface area (Å²) in [5.74, 6) is 0.718. The van der Waals surface area contributed by atoms with Gasteiger partial charge in [0.25, 0.3) is 0 Å². The quantitative estimate of drug-likeness (QED) is 0.647. The van der Waals surface area contributed by atoms with Gasteiger partial charge in [0, 0.05) is 13.1 Å². The van der Waals surface area contributed by atoms with E-state index >= 15 is 0 Å². The van der Waals surface area contributed by atoms with E-state index in [-0.39, 0.29) is 5.60 Å². The lowest BCUT2D eigenvalue weighted by Gasteiger charge is -2.32. The fourth-order valence-electron chi connectivity index (χ4n) is 2.64. The first kappa shape index (κ1) is 19.3. The van der Waals surface area contributed by atoms with Crippen LogP contribution in [0.2, 0.25) is 0 Å². The predicted octanol–water partition coefficient (Wildman–Crippen LogP) is 5.10. The molecule has 1 atom stereocenters. The maximum absolute atomic E-state index is 8.95. The summed E-state index contributed by atoms with van der Waals surface area (Å²) in [7, 11) is 2.03. The molecule has 0 bridgehead atoms. The zero-order valence-electron chi connectivity index (χ0n) is 15.8. The molecular weight excluding hydrogens is 330 g/mol. The minimum Gasteiger partial charge on any atom is -0.474 e. The average Bonchev–Trinajstić information content (AvgIpc) is 2.94. The second-order valence-electron chi connectivity index (χ2n) is 7.39. The van der Waals surface area contributed by atoms with E-state index < -0.39 is 0 Å². The molecule has 25 heavy (non-hydrogen) atoms. The highest BCUT2D eigenvalue weighted by Gasteiger charge is 2.18. The van der Waals surface area contributed by atoms with Crippen molar-refractivity contribution < 1.29 is 4.74 Å². The summed E-state index contributed by atoms with van der Waals surface area (Å²) in [5, 5.41) is 9.48. The normalized spacial score (nSPS) is 12.6. The SMILES string of the molecule is C=C(OC(C)(C)C)N(C)C(C)CCCc1ccc2nc(C#N)sc2c1. The molecule has 0 amide bonds. The maximum atomic E-state index is 8.95. The van der Waals surface area contributed by atoms with Gasteiger partial charge in [0.15, 0.2) is 10.9 Å². The lowest BCUT2D eigenvalue weighted by molar-refractivity contribution is 0.00000414. The Morgan fingerprint density at radius 1 is 1.44 bits per heavy atom. The Morgan fingerprint density at radius 2 is 2.16 bits per heavy atom. The summed E-state index contributed by atoms with van der Waals surface area (Å²) in [6.45, 7) is 12.3. The zero-order valence-corrected chi connectivity index (χ0v) is 16.6. The first-order valence-electron chi connectivity index (χ1n) is 8.60.